The molecule has 8 heteroatoms. The Bertz CT molecular complexity index is 319. The predicted octanol–water partition coefficient (Wildman–Crippen LogP) is 0.367. The Labute approximate surface area is 111 Å². The number of aliphatic carboxylic acids is 1. The second-order valence-corrected chi connectivity index (χ2v) is 4.18. The fraction of sp³-hybridized carbons (Fsp3) is 0.727. The predicted molar refractivity (Wildman–Crippen MR) is 67.6 cm³/mol. The van der Waals surface area contributed by atoms with Crippen molar-refractivity contribution in [3.05, 3.63) is 0 Å². The summed E-state index contributed by atoms with van der Waals surface area (Å²) >= 11 is 0. The summed E-state index contributed by atoms with van der Waals surface area (Å²) < 4.78 is 4.47. The summed E-state index contributed by atoms with van der Waals surface area (Å²) in [5, 5.41) is 11.1. The van der Waals surface area contributed by atoms with Crippen molar-refractivity contribution in [3.63, 3.8) is 0 Å². The van der Waals surface area contributed by atoms with Crippen LogP contribution in [0.4, 0.5) is 9.59 Å². The van der Waals surface area contributed by atoms with Crippen LogP contribution in [0, 0.1) is 0 Å². The van der Waals surface area contributed by atoms with Crippen molar-refractivity contribution >= 4 is 18.1 Å². The summed E-state index contributed by atoms with van der Waals surface area (Å²) in [7, 11) is 0. The summed E-state index contributed by atoms with van der Waals surface area (Å²) in [4.78, 5) is 34.1. The first kappa shape index (κ1) is 17.0. The first-order chi connectivity index (χ1) is 8.84. The van der Waals surface area contributed by atoms with Gasteiger partial charge in [-0.15, -0.1) is 0 Å². The van der Waals surface area contributed by atoms with E-state index < -0.39 is 12.1 Å². The maximum Gasteiger partial charge on any atom is 0.404 e. The van der Waals surface area contributed by atoms with Gasteiger partial charge in [0.1, 0.15) is 6.61 Å². The number of carbonyl (C=O) groups is 3. The minimum atomic E-state index is -0.892. The largest absolute Gasteiger partial charge is 0.481 e. The number of carboxylic acid groups (broad SMARTS) is 1. The lowest BCUT2D eigenvalue weighted by Crippen LogP contribution is -2.45. The van der Waals surface area contributed by atoms with Crippen LogP contribution in [0.25, 0.3) is 0 Å². The van der Waals surface area contributed by atoms with Crippen LogP contribution in [0.5, 0.6) is 0 Å². The molecule has 0 fully saturated rings. The minimum absolute atomic E-state index is 0.00212. The molecule has 19 heavy (non-hydrogen) atoms. The molecule has 0 aliphatic heterocycles. The van der Waals surface area contributed by atoms with Gasteiger partial charge in [-0.25, -0.2) is 9.59 Å². The summed E-state index contributed by atoms with van der Waals surface area (Å²) in [6.07, 6.45) is -0.489. The van der Waals surface area contributed by atoms with E-state index in [-0.39, 0.29) is 31.6 Å². The van der Waals surface area contributed by atoms with Crippen LogP contribution >= 0.6 is 0 Å². The standard InChI is InChI=1S/C11H21N3O5/c1-8(2)14(6-3-4-9(15)16)11(18)13-5-7-19-10(12)17/h8H,3-7H2,1-2H3,(H2,12,17)(H,13,18)(H,15,16). The fourth-order valence-corrected chi connectivity index (χ4v) is 1.41. The van der Waals surface area contributed by atoms with Gasteiger partial charge >= 0.3 is 18.1 Å². The summed E-state index contributed by atoms with van der Waals surface area (Å²) in [5.74, 6) is -0.890. The molecule has 0 saturated heterocycles. The highest BCUT2D eigenvalue weighted by atomic mass is 16.5. The second-order valence-electron chi connectivity index (χ2n) is 4.18. The molecule has 0 aromatic carbocycles. The SMILES string of the molecule is CC(C)N(CCCC(=O)O)C(=O)NCCOC(N)=O. The molecular formula is C11H21N3O5. The fourth-order valence-electron chi connectivity index (χ4n) is 1.41. The van der Waals surface area contributed by atoms with Gasteiger partial charge in [-0.3, -0.25) is 4.79 Å². The number of amides is 3. The van der Waals surface area contributed by atoms with E-state index in [1.807, 2.05) is 13.8 Å². The molecular weight excluding hydrogens is 254 g/mol. The van der Waals surface area contributed by atoms with E-state index >= 15 is 0 Å². The maximum atomic E-state index is 11.8. The van der Waals surface area contributed by atoms with Gasteiger partial charge < -0.3 is 25.8 Å². The molecule has 0 aliphatic carbocycles. The highest BCUT2D eigenvalue weighted by Crippen LogP contribution is 2.02. The number of nitrogens with zero attached hydrogens (tertiary/aromatic N) is 1. The van der Waals surface area contributed by atoms with Gasteiger partial charge in [0.05, 0.1) is 6.54 Å². The minimum Gasteiger partial charge on any atom is -0.481 e. The summed E-state index contributed by atoms with van der Waals surface area (Å²) in [6.45, 7) is 4.18. The Balaban J connectivity index is 4.04. The van der Waals surface area contributed by atoms with Crippen LogP contribution in [-0.4, -0.2) is 53.8 Å². The van der Waals surface area contributed by atoms with Crippen molar-refractivity contribution in [2.45, 2.75) is 32.7 Å². The third-order valence-electron chi connectivity index (χ3n) is 2.30. The number of hydrogen-bond acceptors (Lipinski definition) is 4. The molecule has 0 rings (SSSR count). The van der Waals surface area contributed by atoms with Crippen molar-refractivity contribution in [2.75, 3.05) is 19.7 Å². The van der Waals surface area contributed by atoms with E-state index in [2.05, 4.69) is 10.1 Å². The van der Waals surface area contributed by atoms with E-state index in [1.165, 1.54) is 4.90 Å². The van der Waals surface area contributed by atoms with E-state index in [4.69, 9.17) is 10.8 Å². The van der Waals surface area contributed by atoms with Gasteiger partial charge in [0.15, 0.2) is 0 Å². The van der Waals surface area contributed by atoms with E-state index in [1.54, 1.807) is 0 Å². The van der Waals surface area contributed by atoms with Crippen LogP contribution in [0.1, 0.15) is 26.7 Å². The Morgan fingerprint density at radius 3 is 2.47 bits per heavy atom. The number of nitrogens with one attached hydrogen (secondary N) is 1. The van der Waals surface area contributed by atoms with Crippen molar-refractivity contribution in [1.29, 1.82) is 0 Å². The van der Waals surface area contributed by atoms with Gasteiger partial charge in [-0.2, -0.15) is 0 Å². The maximum absolute atomic E-state index is 11.8. The molecule has 0 atom stereocenters. The van der Waals surface area contributed by atoms with Gasteiger partial charge in [-0.05, 0) is 20.3 Å². The second kappa shape index (κ2) is 9.01. The lowest BCUT2D eigenvalue weighted by Gasteiger charge is -2.26. The number of carboxylic acids is 1. The highest BCUT2D eigenvalue weighted by Gasteiger charge is 2.16. The Morgan fingerprint density at radius 2 is 2.00 bits per heavy atom. The molecule has 110 valence electrons. The van der Waals surface area contributed by atoms with E-state index in [9.17, 15) is 14.4 Å². The zero-order chi connectivity index (χ0) is 14.8. The molecule has 0 aromatic rings. The zero-order valence-electron chi connectivity index (χ0n) is 11.2. The normalized spacial score (nSPS) is 10.1. The number of hydrogen-bond donors (Lipinski definition) is 3. The summed E-state index contributed by atoms with van der Waals surface area (Å²) in [5.41, 5.74) is 4.77. The number of ether oxygens (including phenoxy) is 1. The zero-order valence-corrected chi connectivity index (χ0v) is 11.2. The molecule has 0 saturated carbocycles. The molecule has 4 N–H and O–H groups in total. The average Bonchev–Trinajstić information content (AvgIpc) is 2.28. The first-order valence-electron chi connectivity index (χ1n) is 6.03. The molecule has 0 radical (unpaired) electrons. The van der Waals surface area contributed by atoms with Gasteiger partial charge in [0, 0.05) is 19.0 Å². The average molecular weight is 275 g/mol. The number of nitrogens with two attached hydrogens (primary N) is 1. The number of carbonyl (C=O) groups excluding carboxylic acids is 2. The lowest BCUT2D eigenvalue weighted by molar-refractivity contribution is -0.137. The van der Waals surface area contributed by atoms with E-state index in [0.717, 1.165) is 0 Å². The molecule has 0 aliphatic rings. The van der Waals surface area contributed by atoms with Crippen molar-refractivity contribution in [3.8, 4) is 0 Å². The van der Waals surface area contributed by atoms with Gasteiger partial charge in [0.25, 0.3) is 0 Å². The van der Waals surface area contributed by atoms with Crippen LogP contribution in [0.3, 0.4) is 0 Å². The number of rotatable bonds is 8. The molecule has 0 aromatic heterocycles. The highest BCUT2D eigenvalue weighted by molar-refractivity contribution is 5.74. The van der Waals surface area contributed by atoms with Crippen molar-refractivity contribution < 1.29 is 24.2 Å². The van der Waals surface area contributed by atoms with Crippen molar-refractivity contribution in [1.82, 2.24) is 10.2 Å². The quantitative estimate of drug-likeness (QED) is 0.552. The Hall–Kier alpha value is -1.99. The summed E-state index contributed by atoms with van der Waals surface area (Å²) in [6, 6.07) is -0.376. The van der Waals surface area contributed by atoms with E-state index in [0.29, 0.717) is 13.0 Å². The molecule has 0 unspecified atom stereocenters. The topological polar surface area (TPSA) is 122 Å². The molecule has 3 amide bonds. The lowest BCUT2D eigenvalue weighted by atomic mass is 10.2. The smallest absolute Gasteiger partial charge is 0.404 e. The third-order valence-corrected chi connectivity index (χ3v) is 2.30. The van der Waals surface area contributed by atoms with Crippen LogP contribution < -0.4 is 11.1 Å². The molecule has 0 heterocycles. The Morgan fingerprint density at radius 1 is 1.37 bits per heavy atom. The van der Waals surface area contributed by atoms with Crippen molar-refractivity contribution in [2.24, 2.45) is 5.73 Å². The molecule has 8 nitrogen and oxygen atoms in total. The van der Waals surface area contributed by atoms with Crippen LogP contribution in [0.2, 0.25) is 0 Å². The molecule has 0 spiro atoms. The Kier molecular flexibility index (Phi) is 8.07. The third kappa shape index (κ3) is 8.70. The number of urea groups is 1. The number of primary amides is 1. The van der Waals surface area contributed by atoms with Crippen LogP contribution in [0.15, 0.2) is 0 Å². The molecule has 0 bridgehead atoms. The van der Waals surface area contributed by atoms with Crippen LogP contribution in [-0.2, 0) is 9.53 Å². The van der Waals surface area contributed by atoms with Gasteiger partial charge in [-0.1, -0.05) is 0 Å². The monoisotopic (exact) mass is 275 g/mol. The van der Waals surface area contributed by atoms with Gasteiger partial charge in [0.2, 0.25) is 0 Å². The first-order valence-corrected chi connectivity index (χ1v) is 6.03.